The lowest BCUT2D eigenvalue weighted by Crippen LogP contribution is -2.41. The molecule has 0 unspecified atom stereocenters. The first-order valence-electron chi connectivity index (χ1n) is 10.0. The third kappa shape index (κ3) is 6.14. The van der Waals surface area contributed by atoms with Crippen molar-refractivity contribution in [2.24, 2.45) is 0 Å². The zero-order chi connectivity index (χ0) is 25.5. The fourth-order valence-electron chi connectivity index (χ4n) is 3.08. The molecule has 0 spiro atoms. The van der Waals surface area contributed by atoms with E-state index in [1.54, 1.807) is 12.1 Å². The molecule has 0 aliphatic rings. The summed E-state index contributed by atoms with van der Waals surface area (Å²) >= 11 is 11.8. The monoisotopic (exact) mass is 517 g/mol. The highest BCUT2D eigenvalue weighted by atomic mass is 35.5. The van der Waals surface area contributed by atoms with Crippen LogP contribution >= 0.6 is 23.2 Å². The number of hydrogen-bond acceptors (Lipinski definition) is 6. The zero-order valence-corrected chi connectivity index (χ0v) is 20.4. The van der Waals surface area contributed by atoms with Crippen LogP contribution in [0.2, 0.25) is 10.0 Å². The van der Waals surface area contributed by atoms with Gasteiger partial charge in [-0.1, -0.05) is 29.3 Å². The number of ether oxygens (including phenoxy) is 3. The lowest BCUT2D eigenvalue weighted by molar-refractivity contribution is 0.0847. The summed E-state index contributed by atoms with van der Waals surface area (Å²) < 4.78 is 15.8. The van der Waals surface area contributed by atoms with Crippen LogP contribution in [0.25, 0.3) is 0 Å². The second-order valence-electron chi connectivity index (χ2n) is 6.98. The smallest absolute Gasteiger partial charge is 0.271 e. The minimum absolute atomic E-state index is 0.140. The van der Waals surface area contributed by atoms with Crippen molar-refractivity contribution < 1.29 is 28.6 Å². The third-order valence-corrected chi connectivity index (χ3v) is 5.32. The van der Waals surface area contributed by atoms with Crippen LogP contribution in [0.4, 0.5) is 5.69 Å². The molecule has 11 heteroatoms. The maximum absolute atomic E-state index is 12.8. The molecule has 35 heavy (non-hydrogen) atoms. The van der Waals surface area contributed by atoms with Gasteiger partial charge in [0.2, 0.25) is 5.75 Å². The molecule has 182 valence electrons. The summed E-state index contributed by atoms with van der Waals surface area (Å²) in [6.45, 7) is 0. The van der Waals surface area contributed by atoms with E-state index in [0.29, 0.717) is 28.0 Å². The molecule has 0 saturated heterocycles. The van der Waals surface area contributed by atoms with Crippen LogP contribution < -0.4 is 30.4 Å². The molecule has 3 aromatic rings. The minimum atomic E-state index is -0.619. The van der Waals surface area contributed by atoms with Gasteiger partial charge in [0.25, 0.3) is 17.7 Å². The summed E-state index contributed by atoms with van der Waals surface area (Å²) in [5.41, 5.74) is 5.52. The molecule has 0 saturated carbocycles. The van der Waals surface area contributed by atoms with Gasteiger partial charge in [0.05, 0.1) is 31.9 Å². The number of hydrogen-bond donors (Lipinski definition) is 3. The molecule has 0 aliphatic heterocycles. The summed E-state index contributed by atoms with van der Waals surface area (Å²) in [5, 5.41) is 3.22. The third-order valence-electron chi connectivity index (χ3n) is 4.77. The number of anilines is 1. The number of rotatable bonds is 7. The second-order valence-corrected chi connectivity index (χ2v) is 7.82. The number of nitrogens with one attached hydrogen (secondary N) is 3. The predicted molar refractivity (Wildman–Crippen MR) is 132 cm³/mol. The molecular weight excluding hydrogens is 497 g/mol. The summed E-state index contributed by atoms with van der Waals surface area (Å²) in [7, 11) is 4.35. The largest absolute Gasteiger partial charge is 0.493 e. The molecule has 0 aliphatic carbocycles. The minimum Gasteiger partial charge on any atom is -0.493 e. The van der Waals surface area contributed by atoms with Gasteiger partial charge in [-0.2, -0.15) is 0 Å². The van der Waals surface area contributed by atoms with Crippen molar-refractivity contribution in [3.63, 3.8) is 0 Å². The second kappa shape index (κ2) is 11.5. The molecule has 3 N–H and O–H groups in total. The molecule has 9 nitrogen and oxygen atoms in total. The SMILES string of the molecule is COc1cc(C(=O)Nc2cccc(C(=O)NNC(=O)c3ccc(Cl)cc3Cl)c2)cc(OC)c1OC. The van der Waals surface area contributed by atoms with E-state index in [1.807, 2.05) is 0 Å². The van der Waals surface area contributed by atoms with Gasteiger partial charge < -0.3 is 19.5 Å². The Kier molecular flexibility index (Phi) is 8.40. The summed E-state index contributed by atoms with van der Waals surface area (Å²) in [4.78, 5) is 37.6. The quantitative estimate of drug-likeness (QED) is 0.401. The van der Waals surface area contributed by atoms with Crippen molar-refractivity contribution in [1.82, 2.24) is 10.9 Å². The molecule has 0 aromatic heterocycles. The summed E-state index contributed by atoms with van der Waals surface area (Å²) in [5.74, 6) is -0.692. The molecule has 0 heterocycles. The lowest BCUT2D eigenvalue weighted by atomic mass is 10.1. The van der Waals surface area contributed by atoms with E-state index in [2.05, 4.69) is 16.2 Å². The van der Waals surface area contributed by atoms with E-state index in [4.69, 9.17) is 37.4 Å². The van der Waals surface area contributed by atoms with Crippen molar-refractivity contribution >= 4 is 46.6 Å². The van der Waals surface area contributed by atoms with Crippen LogP contribution in [0.3, 0.4) is 0 Å². The Bertz CT molecular complexity index is 1260. The molecule has 3 amide bonds. The fourth-order valence-corrected chi connectivity index (χ4v) is 3.57. The normalized spacial score (nSPS) is 10.2. The van der Waals surface area contributed by atoms with E-state index < -0.39 is 17.7 Å². The maximum Gasteiger partial charge on any atom is 0.271 e. The molecule has 0 radical (unpaired) electrons. The first-order valence-corrected chi connectivity index (χ1v) is 10.8. The van der Waals surface area contributed by atoms with Gasteiger partial charge in [-0.15, -0.1) is 0 Å². The van der Waals surface area contributed by atoms with Crippen LogP contribution in [0, 0.1) is 0 Å². The van der Waals surface area contributed by atoms with Crippen molar-refractivity contribution in [2.75, 3.05) is 26.6 Å². The number of methoxy groups -OCH3 is 3. The van der Waals surface area contributed by atoms with Crippen LogP contribution in [-0.2, 0) is 0 Å². The number of amides is 3. The topological polar surface area (TPSA) is 115 Å². The number of carbonyl (C=O) groups excluding carboxylic acids is 3. The summed E-state index contributed by atoms with van der Waals surface area (Å²) in [6.07, 6.45) is 0. The van der Waals surface area contributed by atoms with E-state index >= 15 is 0 Å². The number of hydrazine groups is 1. The first kappa shape index (κ1) is 25.7. The van der Waals surface area contributed by atoms with Gasteiger partial charge >= 0.3 is 0 Å². The van der Waals surface area contributed by atoms with Crippen LogP contribution in [0.15, 0.2) is 54.6 Å². The highest BCUT2D eigenvalue weighted by molar-refractivity contribution is 6.36. The maximum atomic E-state index is 12.8. The highest BCUT2D eigenvalue weighted by Gasteiger charge is 2.18. The molecule has 3 aromatic carbocycles. The van der Waals surface area contributed by atoms with Crippen molar-refractivity contribution in [1.29, 1.82) is 0 Å². The number of benzene rings is 3. The van der Waals surface area contributed by atoms with E-state index in [9.17, 15) is 14.4 Å². The van der Waals surface area contributed by atoms with Crippen molar-refractivity contribution in [2.45, 2.75) is 0 Å². The van der Waals surface area contributed by atoms with E-state index in [0.717, 1.165) is 0 Å². The van der Waals surface area contributed by atoms with E-state index in [1.165, 1.54) is 63.8 Å². The molecular formula is C24H21Cl2N3O6. The van der Waals surface area contributed by atoms with Crippen LogP contribution in [0.5, 0.6) is 17.2 Å². The van der Waals surface area contributed by atoms with Gasteiger partial charge in [0.1, 0.15) is 0 Å². The van der Waals surface area contributed by atoms with Crippen molar-refractivity contribution in [3.05, 3.63) is 81.3 Å². The van der Waals surface area contributed by atoms with Gasteiger partial charge in [0.15, 0.2) is 11.5 Å². The Balaban J connectivity index is 1.70. The standard InChI is InChI=1S/C24H21Cl2N3O6/c1-33-19-10-14(11-20(34-2)21(19)35-3)22(30)27-16-6-4-5-13(9-16)23(31)28-29-24(32)17-8-7-15(25)12-18(17)26/h4-12H,1-3H3,(H,27,30)(H,28,31)(H,29,32). The van der Waals surface area contributed by atoms with Crippen molar-refractivity contribution in [3.8, 4) is 17.2 Å². The molecule has 3 rings (SSSR count). The van der Waals surface area contributed by atoms with Crippen LogP contribution in [-0.4, -0.2) is 39.1 Å². The van der Waals surface area contributed by atoms with Gasteiger partial charge in [0, 0.05) is 21.8 Å². The molecule has 0 bridgehead atoms. The van der Waals surface area contributed by atoms with E-state index in [-0.39, 0.29) is 21.7 Å². The van der Waals surface area contributed by atoms with Gasteiger partial charge in [-0.3, -0.25) is 25.2 Å². The number of carbonyl (C=O) groups is 3. The predicted octanol–water partition coefficient (Wildman–Crippen LogP) is 4.35. The average Bonchev–Trinajstić information content (AvgIpc) is 2.86. The summed E-state index contributed by atoms with van der Waals surface area (Å²) in [6, 6.07) is 13.5. The average molecular weight is 518 g/mol. The van der Waals surface area contributed by atoms with Crippen LogP contribution in [0.1, 0.15) is 31.1 Å². The van der Waals surface area contributed by atoms with Gasteiger partial charge in [-0.05, 0) is 48.5 Å². The number of halogens is 2. The Morgan fingerprint density at radius 2 is 1.37 bits per heavy atom. The first-order chi connectivity index (χ1) is 16.8. The fraction of sp³-hybridized carbons (Fsp3) is 0.125. The Labute approximate surface area is 211 Å². The highest BCUT2D eigenvalue weighted by Crippen LogP contribution is 2.38. The Morgan fingerprint density at radius 3 is 1.97 bits per heavy atom. The molecule has 0 atom stereocenters. The molecule has 0 fully saturated rings. The lowest BCUT2D eigenvalue weighted by Gasteiger charge is -2.14. The zero-order valence-electron chi connectivity index (χ0n) is 18.9. The Hall–Kier alpha value is -3.95. The van der Waals surface area contributed by atoms with Gasteiger partial charge in [-0.25, -0.2) is 0 Å². The Morgan fingerprint density at radius 1 is 0.714 bits per heavy atom.